The normalized spacial score (nSPS) is 38.0. The Balaban J connectivity index is 2.27. The van der Waals surface area contributed by atoms with Crippen LogP contribution >= 0.6 is 0 Å². The number of hydrogen-bond acceptors (Lipinski definition) is 0. The van der Waals surface area contributed by atoms with Crippen LogP contribution in [0.25, 0.3) is 0 Å². The summed E-state index contributed by atoms with van der Waals surface area (Å²) in [5, 5.41) is 0. The maximum Gasteiger partial charge on any atom is -0.00908 e. The van der Waals surface area contributed by atoms with Crippen molar-refractivity contribution in [3.63, 3.8) is 0 Å². The predicted molar refractivity (Wildman–Crippen MR) is 94.3 cm³/mol. The third kappa shape index (κ3) is 2.88. The molecular formula is C21H36. The van der Waals surface area contributed by atoms with Crippen molar-refractivity contribution in [1.29, 1.82) is 0 Å². The predicted octanol–water partition coefficient (Wildman–Crippen LogP) is 6.78. The first kappa shape index (κ1) is 16.8. The van der Waals surface area contributed by atoms with E-state index < -0.39 is 0 Å². The Morgan fingerprint density at radius 1 is 1.38 bits per heavy atom. The second-order valence-corrected chi connectivity index (χ2v) is 8.27. The van der Waals surface area contributed by atoms with Gasteiger partial charge >= 0.3 is 0 Å². The van der Waals surface area contributed by atoms with Gasteiger partial charge in [0.05, 0.1) is 0 Å². The van der Waals surface area contributed by atoms with Crippen molar-refractivity contribution in [3.05, 3.63) is 24.3 Å². The van der Waals surface area contributed by atoms with Crippen LogP contribution in [0.5, 0.6) is 0 Å². The van der Waals surface area contributed by atoms with E-state index in [-0.39, 0.29) is 0 Å². The quantitative estimate of drug-likeness (QED) is 0.473. The molecule has 0 nitrogen and oxygen atoms in total. The molecular weight excluding hydrogens is 252 g/mol. The van der Waals surface area contributed by atoms with Gasteiger partial charge in [-0.3, -0.25) is 0 Å². The first-order valence-electron chi connectivity index (χ1n) is 9.22. The zero-order valence-electron chi connectivity index (χ0n) is 15.0. The molecule has 2 rings (SSSR count). The molecule has 0 heteroatoms. The van der Waals surface area contributed by atoms with Crippen molar-refractivity contribution in [3.8, 4) is 0 Å². The summed E-state index contributed by atoms with van der Waals surface area (Å²) in [4.78, 5) is 0. The van der Waals surface area contributed by atoms with Crippen LogP contribution in [0.3, 0.4) is 0 Å². The van der Waals surface area contributed by atoms with Gasteiger partial charge in [0.25, 0.3) is 0 Å². The Morgan fingerprint density at radius 2 is 2.10 bits per heavy atom. The lowest BCUT2D eigenvalue weighted by atomic mass is 9.52. The second-order valence-electron chi connectivity index (χ2n) is 8.27. The molecule has 120 valence electrons. The van der Waals surface area contributed by atoms with E-state index >= 15 is 0 Å². The van der Waals surface area contributed by atoms with Crippen molar-refractivity contribution in [2.45, 2.75) is 79.6 Å². The third-order valence-electron chi connectivity index (χ3n) is 7.08. The first-order chi connectivity index (χ1) is 9.89. The molecule has 0 amide bonds. The second kappa shape index (κ2) is 6.31. The molecule has 0 aromatic carbocycles. The van der Waals surface area contributed by atoms with Crippen molar-refractivity contribution in [2.24, 2.45) is 28.6 Å². The molecule has 0 aromatic heterocycles. The van der Waals surface area contributed by atoms with Crippen LogP contribution in [0.15, 0.2) is 24.3 Å². The fourth-order valence-corrected chi connectivity index (χ4v) is 5.39. The molecule has 2 aliphatic carbocycles. The lowest BCUT2D eigenvalue weighted by Crippen LogP contribution is -2.45. The van der Waals surface area contributed by atoms with Gasteiger partial charge in [0.15, 0.2) is 0 Å². The summed E-state index contributed by atoms with van der Waals surface area (Å²) in [7, 11) is 0. The van der Waals surface area contributed by atoms with Gasteiger partial charge in [-0.1, -0.05) is 71.3 Å². The first-order valence-corrected chi connectivity index (χ1v) is 9.22. The Bertz CT molecular complexity index is 404. The molecule has 5 unspecified atom stereocenters. The van der Waals surface area contributed by atoms with Crippen LogP contribution in [0, 0.1) is 28.6 Å². The summed E-state index contributed by atoms with van der Waals surface area (Å²) in [5.41, 5.74) is 2.26. The molecule has 0 N–H and O–H groups in total. The summed E-state index contributed by atoms with van der Waals surface area (Å²) in [6.07, 6.45) is 14.4. The van der Waals surface area contributed by atoms with E-state index in [9.17, 15) is 0 Å². The Kier molecular flexibility index (Phi) is 5.06. The van der Waals surface area contributed by atoms with E-state index in [0.717, 1.165) is 17.8 Å². The fraction of sp³-hybridized carbons (Fsp3) is 0.810. The zero-order chi connectivity index (χ0) is 15.7. The summed E-state index contributed by atoms with van der Waals surface area (Å²) in [5.74, 6) is 2.59. The van der Waals surface area contributed by atoms with Gasteiger partial charge in [0.1, 0.15) is 0 Å². The van der Waals surface area contributed by atoms with Gasteiger partial charge in [-0.15, -0.1) is 0 Å². The van der Waals surface area contributed by atoms with Crippen LogP contribution in [0.2, 0.25) is 0 Å². The highest BCUT2D eigenvalue weighted by atomic mass is 14.5. The molecule has 0 radical (unpaired) electrons. The van der Waals surface area contributed by atoms with Gasteiger partial charge in [-0.2, -0.15) is 0 Å². The van der Waals surface area contributed by atoms with Crippen molar-refractivity contribution in [2.75, 3.05) is 0 Å². The standard InChI is InChI=1S/C21H36/c1-7-9-14-21(6,16(3)4)19-12-15-20(5)13-10-11-18(20)17(19)8-2/h10,13,17-19H,3,7-9,11-12,14-15H2,1-2,4-6H3. The number of allylic oxidation sites excluding steroid dienone is 3. The van der Waals surface area contributed by atoms with E-state index in [0.29, 0.717) is 10.8 Å². The van der Waals surface area contributed by atoms with E-state index in [1.165, 1.54) is 50.5 Å². The third-order valence-corrected chi connectivity index (χ3v) is 7.08. The van der Waals surface area contributed by atoms with Crippen molar-refractivity contribution in [1.82, 2.24) is 0 Å². The average Bonchev–Trinajstić information content (AvgIpc) is 2.85. The molecule has 2 aliphatic rings. The van der Waals surface area contributed by atoms with Crippen LogP contribution in [-0.2, 0) is 0 Å². The Labute approximate surface area is 133 Å². The summed E-state index contributed by atoms with van der Waals surface area (Å²) >= 11 is 0. The highest BCUT2D eigenvalue weighted by Gasteiger charge is 2.50. The molecule has 0 spiro atoms. The van der Waals surface area contributed by atoms with Gasteiger partial charge in [0.2, 0.25) is 0 Å². The summed E-state index contributed by atoms with van der Waals surface area (Å²) < 4.78 is 0. The van der Waals surface area contributed by atoms with Crippen LogP contribution < -0.4 is 0 Å². The molecule has 1 saturated carbocycles. The topological polar surface area (TPSA) is 0 Å². The summed E-state index contributed by atoms with van der Waals surface area (Å²) in [6.45, 7) is 16.4. The molecule has 0 saturated heterocycles. The largest absolute Gasteiger partial charge is 0.0996 e. The average molecular weight is 289 g/mol. The van der Waals surface area contributed by atoms with Crippen molar-refractivity contribution < 1.29 is 0 Å². The lowest BCUT2D eigenvalue weighted by Gasteiger charge is -2.53. The molecule has 0 heterocycles. The van der Waals surface area contributed by atoms with Gasteiger partial charge in [-0.25, -0.2) is 0 Å². The minimum atomic E-state index is 0.348. The van der Waals surface area contributed by atoms with Crippen LogP contribution in [-0.4, -0.2) is 0 Å². The fourth-order valence-electron chi connectivity index (χ4n) is 5.39. The monoisotopic (exact) mass is 288 g/mol. The molecule has 21 heavy (non-hydrogen) atoms. The minimum Gasteiger partial charge on any atom is -0.0996 e. The SMILES string of the molecule is C=C(C)C(C)(CCCC)C1CCC2(C)C=CCC2C1CC. The molecule has 1 fully saturated rings. The van der Waals surface area contributed by atoms with E-state index in [2.05, 4.69) is 53.3 Å². The van der Waals surface area contributed by atoms with Gasteiger partial charge < -0.3 is 0 Å². The highest BCUT2D eigenvalue weighted by Crippen LogP contribution is 2.59. The Morgan fingerprint density at radius 3 is 2.67 bits per heavy atom. The number of unbranched alkanes of at least 4 members (excludes halogenated alkanes) is 1. The maximum absolute atomic E-state index is 4.41. The highest BCUT2D eigenvalue weighted by molar-refractivity contribution is 5.17. The minimum absolute atomic E-state index is 0.348. The van der Waals surface area contributed by atoms with Gasteiger partial charge in [-0.05, 0) is 61.2 Å². The van der Waals surface area contributed by atoms with E-state index in [1.807, 2.05) is 0 Å². The molecule has 0 bridgehead atoms. The molecule has 0 aromatic rings. The van der Waals surface area contributed by atoms with E-state index in [4.69, 9.17) is 0 Å². The summed E-state index contributed by atoms with van der Waals surface area (Å²) in [6, 6.07) is 0. The molecule has 0 aliphatic heterocycles. The van der Waals surface area contributed by atoms with Gasteiger partial charge in [0, 0.05) is 0 Å². The number of rotatable bonds is 6. The van der Waals surface area contributed by atoms with E-state index in [1.54, 1.807) is 0 Å². The zero-order valence-corrected chi connectivity index (χ0v) is 15.0. The van der Waals surface area contributed by atoms with Crippen molar-refractivity contribution >= 4 is 0 Å². The maximum atomic E-state index is 4.41. The van der Waals surface area contributed by atoms with Crippen LogP contribution in [0.4, 0.5) is 0 Å². The Hall–Kier alpha value is -0.520. The number of hydrogen-bond donors (Lipinski definition) is 0. The molecule has 5 atom stereocenters. The number of fused-ring (bicyclic) bond motifs is 1. The van der Waals surface area contributed by atoms with Crippen LogP contribution in [0.1, 0.15) is 79.6 Å². The smallest absolute Gasteiger partial charge is 0.00908 e. The lowest BCUT2D eigenvalue weighted by molar-refractivity contribution is -0.00154.